The molecule has 0 aliphatic heterocycles. The number of benzene rings is 3. The quantitative estimate of drug-likeness (QED) is 0.659. The summed E-state index contributed by atoms with van der Waals surface area (Å²) in [7, 11) is 0. The summed E-state index contributed by atoms with van der Waals surface area (Å²) in [6.45, 7) is 2.18. The van der Waals surface area contributed by atoms with Crippen molar-refractivity contribution in [3.05, 3.63) is 77.4 Å². The zero-order valence-corrected chi connectivity index (χ0v) is 13.0. The van der Waals surface area contributed by atoms with Gasteiger partial charge in [0.25, 0.3) is 0 Å². The van der Waals surface area contributed by atoms with Crippen LogP contribution in [0.2, 0.25) is 0 Å². The van der Waals surface area contributed by atoms with Gasteiger partial charge in [-0.05, 0) is 41.3 Å². The van der Waals surface area contributed by atoms with Crippen molar-refractivity contribution in [3.63, 3.8) is 0 Å². The maximum Gasteiger partial charge on any atom is 0.126 e. The number of phenols is 1. The summed E-state index contributed by atoms with van der Waals surface area (Å²) < 4.78 is 0. The summed E-state index contributed by atoms with van der Waals surface area (Å²) >= 11 is 0. The van der Waals surface area contributed by atoms with E-state index in [0.29, 0.717) is 5.75 Å². The highest BCUT2D eigenvalue weighted by Gasteiger charge is 2.10. The van der Waals surface area contributed by atoms with E-state index in [1.165, 1.54) is 11.1 Å². The molecule has 0 saturated heterocycles. The SMILES string of the molecule is CCCCc1ccc2cccc(Cc3ccccc3)c2c1O. The van der Waals surface area contributed by atoms with Crippen molar-refractivity contribution in [2.75, 3.05) is 0 Å². The minimum atomic E-state index is 0.470. The van der Waals surface area contributed by atoms with Gasteiger partial charge in [0, 0.05) is 5.39 Å². The number of unbranched alkanes of at least 4 members (excludes halogenated alkanes) is 1. The van der Waals surface area contributed by atoms with Crippen LogP contribution in [0.3, 0.4) is 0 Å². The van der Waals surface area contributed by atoms with Crippen LogP contribution in [0, 0.1) is 0 Å². The van der Waals surface area contributed by atoms with E-state index >= 15 is 0 Å². The predicted molar refractivity (Wildman–Crippen MR) is 93.5 cm³/mol. The number of aromatic hydroxyl groups is 1. The molecule has 22 heavy (non-hydrogen) atoms. The van der Waals surface area contributed by atoms with Gasteiger partial charge in [-0.2, -0.15) is 0 Å². The lowest BCUT2D eigenvalue weighted by molar-refractivity contribution is 0.473. The van der Waals surface area contributed by atoms with Gasteiger partial charge in [0.15, 0.2) is 0 Å². The standard InChI is InChI=1S/C21H22O/c1-2-3-10-18-14-13-17-11-7-12-19(20(17)21(18)22)15-16-8-5-4-6-9-16/h4-9,11-14,22H,2-3,10,15H2,1H3. The van der Waals surface area contributed by atoms with Gasteiger partial charge in [0.1, 0.15) is 5.75 Å². The van der Waals surface area contributed by atoms with Crippen LogP contribution in [0.5, 0.6) is 5.75 Å². The number of phenolic OH excluding ortho intramolecular Hbond substituents is 1. The average Bonchev–Trinajstić information content (AvgIpc) is 2.55. The number of rotatable bonds is 5. The number of fused-ring (bicyclic) bond motifs is 1. The molecule has 0 bridgehead atoms. The van der Waals surface area contributed by atoms with E-state index in [-0.39, 0.29) is 0 Å². The molecule has 112 valence electrons. The van der Waals surface area contributed by atoms with E-state index in [2.05, 4.69) is 61.5 Å². The van der Waals surface area contributed by atoms with E-state index < -0.39 is 0 Å². The van der Waals surface area contributed by atoms with Crippen LogP contribution >= 0.6 is 0 Å². The summed E-state index contributed by atoms with van der Waals surface area (Å²) in [5, 5.41) is 12.9. The zero-order chi connectivity index (χ0) is 15.4. The minimum Gasteiger partial charge on any atom is -0.507 e. The Balaban J connectivity index is 2.06. The molecule has 0 atom stereocenters. The fourth-order valence-corrected chi connectivity index (χ4v) is 3.01. The van der Waals surface area contributed by atoms with E-state index in [1.807, 2.05) is 6.07 Å². The van der Waals surface area contributed by atoms with E-state index in [4.69, 9.17) is 0 Å². The van der Waals surface area contributed by atoms with Crippen LogP contribution in [0.4, 0.5) is 0 Å². The van der Waals surface area contributed by atoms with Crippen molar-refractivity contribution in [2.24, 2.45) is 0 Å². The van der Waals surface area contributed by atoms with Crippen LogP contribution in [-0.2, 0) is 12.8 Å². The molecule has 0 aliphatic rings. The third-order valence-electron chi connectivity index (χ3n) is 4.23. The smallest absolute Gasteiger partial charge is 0.126 e. The molecule has 0 fully saturated rings. The molecule has 3 rings (SSSR count). The molecule has 0 heterocycles. The lowest BCUT2D eigenvalue weighted by Gasteiger charge is -2.12. The first-order chi connectivity index (χ1) is 10.8. The molecule has 0 aliphatic carbocycles. The van der Waals surface area contributed by atoms with Gasteiger partial charge in [-0.3, -0.25) is 0 Å². The first kappa shape index (κ1) is 14.6. The van der Waals surface area contributed by atoms with Crippen LogP contribution in [0.1, 0.15) is 36.5 Å². The molecule has 3 aromatic carbocycles. The van der Waals surface area contributed by atoms with Gasteiger partial charge < -0.3 is 5.11 Å². The van der Waals surface area contributed by atoms with E-state index in [1.54, 1.807) is 0 Å². The van der Waals surface area contributed by atoms with Gasteiger partial charge in [0.05, 0.1) is 0 Å². The Morgan fingerprint density at radius 1 is 0.818 bits per heavy atom. The number of hydrogen-bond acceptors (Lipinski definition) is 1. The first-order valence-electron chi connectivity index (χ1n) is 8.06. The van der Waals surface area contributed by atoms with Crippen LogP contribution < -0.4 is 0 Å². The van der Waals surface area contributed by atoms with Crippen molar-refractivity contribution < 1.29 is 5.11 Å². The fourth-order valence-electron chi connectivity index (χ4n) is 3.01. The summed E-state index contributed by atoms with van der Waals surface area (Å²) in [4.78, 5) is 0. The third-order valence-corrected chi connectivity index (χ3v) is 4.23. The molecule has 1 N–H and O–H groups in total. The second-order valence-electron chi connectivity index (χ2n) is 5.85. The van der Waals surface area contributed by atoms with E-state index in [9.17, 15) is 5.11 Å². The van der Waals surface area contributed by atoms with Crippen molar-refractivity contribution in [2.45, 2.75) is 32.6 Å². The molecule has 3 aromatic rings. The summed E-state index contributed by atoms with van der Waals surface area (Å²) in [6, 6.07) is 20.9. The summed E-state index contributed by atoms with van der Waals surface area (Å²) in [5.74, 6) is 0.470. The van der Waals surface area contributed by atoms with Gasteiger partial charge in [-0.15, -0.1) is 0 Å². The molecule has 0 spiro atoms. The predicted octanol–water partition coefficient (Wildman–Crippen LogP) is 5.48. The lowest BCUT2D eigenvalue weighted by Crippen LogP contribution is -1.93. The zero-order valence-electron chi connectivity index (χ0n) is 13.0. The lowest BCUT2D eigenvalue weighted by atomic mass is 9.94. The summed E-state index contributed by atoms with van der Waals surface area (Å²) in [6.07, 6.45) is 4.05. The molecule has 0 unspecified atom stereocenters. The molecule has 0 radical (unpaired) electrons. The van der Waals surface area contributed by atoms with Crippen LogP contribution in [0.25, 0.3) is 10.8 Å². The average molecular weight is 290 g/mol. The second kappa shape index (κ2) is 6.65. The summed E-state index contributed by atoms with van der Waals surface area (Å²) in [5.41, 5.74) is 3.53. The Morgan fingerprint density at radius 2 is 1.64 bits per heavy atom. The normalized spacial score (nSPS) is 11.0. The monoisotopic (exact) mass is 290 g/mol. The van der Waals surface area contributed by atoms with Crippen LogP contribution in [0.15, 0.2) is 60.7 Å². The Hall–Kier alpha value is -2.28. The van der Waals surface area contributed by atoms with Crippen molar-refractivity contribution in [3.8, 4) is 5.75 Å². The molecule has 0 amide bonds. The highest BCUT2D eigenvalue weighted by atomic mass is 16.3. The number of aryl methyl sites for hydroxylation is 1. The van der Waals surface area contributed by atoms with Gasteiger partial charge in [-0.25, -0.2) is 0 Å². The molecular weight excluding hydrogens is 268 g/mol. The van der Waals surface area contributed by atoms with Crippen molar-refractivity contribution in [1.82, 2.24) is 0 Å². The highest BCUT2D eigenvalue weighted by molar-refractivity contribution is 5.92. The molecule has 0 aromatic heterocycles. The Labute approximate surface area is 132 Å². The maximum atomic E-state index is 10.7. The second-order valence-corrected chi connectivity index (χ2v) is 5.85. The van der Waals surface area contributed by atoms with Crippen molar-refractivity contribution >= 4 is 10.8 Å². The van der Waals surface area contributed by atoms with Gasteiger partial charge in [-0.1, -0.05) is 74.0 Å². The molecule has 1 nitrogen and oxygen atoms in total. The topological polar surface area (TPSA) is 20.2 Å². The molecule has 1 heteroatoms. The number of hydrogen-bond donors (Lipinski definition) is 1. The largest absolute Gasteiger partial charge is 0.507 e. The first-order valence-corrected chi connectivity index (χ1v) is 8.06. The highest BCUT2D eigenvalue weighted by Crippen LogP contribution is 2.33. The van der Waals surface area contributed by atoms with Gasteiger partial charge >= 0.3 is 0 Å². The molecular formula is C21H22O. The van der Waals surface area contributed by atoms with Crippen molar-refractivity contribution in [1.29, 1.82) is 0 Å². The fraction of sp³-hybridized carbons (Fsp3) is 0.238. The Kier molecular flexibility index (Phi) is 4.43. The molecule has 0 saturated carbocycles. The van der Waals surface area contributed by atoms with Gasteiger partial charge in [0.2, 0.25) is 0 Å². The van der Waals surface area contributed by atoms with Crippen LogP contribution in [-0.4, -0.2) is 5.11 Å². The third kappa shape index (κ3) is 2.99. The van der Waals surface area contributed by atoms with E-state index in [0.717, 1.165) is 42.0 Å². The minimum absolute atomic E-state index is 0.470. The maximum absolute atomic E-state index is 10.7. The Morgan fingerprint density at radius 3 is 2.41 bits per heavy atom. The Bertz CT molecular complexity index is 759.